The van der Waals surface area contributed by atoms with Crippen molar-refractivity contribution in [1.82, 2.24) is 9.71 Å². The Bertz CT molecular complexity index is 725. The number of aliphatic carboxylic acids is 1. The van der Waals surface area contributed by atoms with Gasteiger partial charge < -0.3 is 16.6 Å². The second-order valence-electron chi connectivity index (χ2n) is 4.26. The molecule has 0 spiro atoms. The van der Waals surface area contributed by atoms with E-state index in [0.29, 0.717) is 16.6 Å². The molecule has 134 valence electrons. The average Bonchev–Trinajstić information content (AvgIpc) is 2.85. The van der Waals surface area contributed by atoms with Gasteiger partial charge in [0.05, 0.1) is 5.69 Å². The van der Waals surface area contributed by atoms with Crippen molar-refractivity contribution in [2.24, 2.45) is 26.6 Å². The zero-order chi connectivity index (χ0) is 18.2. The fourth-order valence-corrected chi connectivity index (χ4v) is 3.50. The number of carboxylic acids is 1. The summed E-state index contributed by atoms with van der Waals surface area (Å²) in [5.74, 6) is -0.219. The lowest BCUT2D eigenvalue weighted by Crippen LogP contribution is -2.36. The second-order valence-corrected chi connectivity index (χ2v) is 7.50. The highest BCUT2D eigenvalue weighted by molar-refractivity contribution is 7.98. The molecule has 11 nitrogen and oxygen atoms in total. The summed E-state index contributed by atoms with van der Waals surface area (Å²) in [6.45, 7) is -0.545. The number of nitrogens with zero attached hydrogens (tertiary/aromatic N) is 3. The molecule has 0 aromatic carbocycles. The topological polar surface area (TPSA) is 199 Å². The van der Waals surface area contributed by atoms with Crippen LogP contribution in [0.2, 0.25) is 0 Å². The molecule has 0 radical (unpaired) electrons. The van der Waals surface area contributed by atoms with Gasteiger partial charge in [0.2, 0.25) is 5.13 Å². The normalized spacial score (nSPS) is 12.0. The van der Waals surface area contributed by atoms with Crippen molar-refractivity contribution in [2.45, 2.75) is 12.2 Å². The molecule has 1 aromatic heterocycles. The summed E-state index contributed by atoms with van der Waals surface area (Å²) in [6.07, 6.45) is 0.208. The average molecular weight is 395 g/mol. The van der Waals surface area contributed by atoms with E-state index in [1.165, 1.54) is 23.1 Å². The number of guanidine groups is 1. The highest BCUT2D eigenvalue weighted by Crippen LogP contribution is 2.22. The van der Waals surface area contributed by atoms with E-state index in [2.05, 4.69) is 15.0 Å². The van der Waals surface area contributed by atoms with Gasteiger partial charge in [0.1, 0.15) is 12.4 Å². The van der Waals surface area contributed by atoms with Crippen LogP contribution in [0.25, 0.3) is 0 Å². The van der Waals surface area contributed by atoms with E-state index in [-0.39, 0.29) is 18.2 Å². The van der Waals surface area contributed by atoms with Crippen LogP contribution in [0.4, 0.5) is 5.13 Å². The predicted octanol–water partition coefficient (Wildman–Crippen LogP) is -1.05. The molecule has 8 N–H and O–H groups in total. The molecular formula is C10H17N7O4S3. The molecule has 0 aliphatic heterocycles. The van der Waals surface area contributed by atoms with Crippen LogP contribution in [0.3, 0.4) is 0 Å². The highest BCUT2D eigenvalue weighted by Gasteiger charge is 2.09. The summed E-state index contributed by atoms with van der Waals surface area (Å²) in [5, 5.41) is 15.7. The minimum atomic E-state index is -4.00. The van der Waals surface area contributed by atoms with Crippen molar-refractivity contribution >= 4 is 56.2 Å². The van der Waals surface area contributed by atoms with Crippen LogP contribution in [0.5, 0.6) is 0 Å². The Morgan fingerprint density at radius 1 is 1.46 bits per heavy atom. The van der Waals surface area contributed by atoms with Gasteiger partial charge in [-0.2, -0.15) is 25.2 Å². The second kappa shape index (κ2) is 9.41. The Morgan fingerprint density at radius 3 is 2.75 bits per heavy atom. The van der Waals surface area contributed by atoms with Crippen molar-refractivity contribution in [1.29, 1.82) is 0 Å². The Hall–Kier alpha value is -1.90. The lowest BCUT2D eigenvalue weighted by Gasteiger charge is -2.07. The number of hydrogen-bond acceptors (Lipinski definition) is 8. The van der Waals surface area contributed by atoms with Crippen LogP contribution in [0, 0.1) is 0 Å². The minimum Gasteiger partial charge on any atom is -0.480 e. The van der Waals surface area contributed by atoms with Crippen LogP contribution in [0.15, 0.2) is 15.4 Å². The van der Waals surface area contributed by atoms with E-state index < -0.39 is 22.7 Å². The number of amidine groups is 1. The maximum absolute atomic E-state index is 11.0. The van der Waals surface area contributed by atoms with Crippen molar-refractivity contribution in [3.05, 3.63) is 11.1 Å². The van der Waals surface area contributed by atoms with Gasteiger partial charge in [-0.15, -0.1) is 11.3 Å². The van der Waals surface area contributed by atoms with Gasteiger partial charge in [0, 0.05) is 23.3 Å². The summed E-state index contributed by atoms with van der Waals surface area (Å²) < 4.78 is 24.0. The van der Waals surface area contributed by atoms with E-state index in [1.807, 2.05) is 4.72 Å². The number of hydrogen-bond donors (Lipinski definition) is 5. The van der Waals surface area contributed by atoms with Gasteiger partial charge in [-0.25, -0.2) is 10.1 Å². The van der Waals surface area contributed by atoms with E-state index in [4.69, 9.17) is 21.7 Å². The SMILES string of the molecule is NC(N)=Nc1nc(CSCCC(=NCC(=O)O)NS(N)(=O)=O)cs1. The lowest BCUT2D eigenvalue weighted by molar-refractivity contribution is -0.135. The number of rotatable bonds is 9. The fraction of sp³-hybridized carbons (Fsp3) is 0.400. The zero-order valence-corrected chi connectivity index (χ0v) is 14.8. The van der Waals surface area contributed by atoms with E-state index in [1.54, 1.807) is 5.38 Å². The standard InChI is InChI=1S/C10H17N7O4S3/c11-9(12)16-10-15-6(5-23-10)4-22-2-1-7(14-3-8(18)19)17-24(13,20)21/h5H,1-4H2,(H,14,17)(H,18,19)(H2,13,20,21)(H4,11,12,15,16). The summed E-state index contributed by atoms with van der Waals surface area (Å²) >= 11 is 2.75. The van der Waals surface area contributed by atoms with Crippen molar-refractivity contribution in [3.63, 3.8) is 0 Å². The molecule has 1 rings (SSSR count). The molecule has 0 saturated heterocycles. The van der Waals surface area contributed by atoms with Crippen LogP contribution in [-0.2, 0) is 20.8 Å². The van der Waals surface area contributed by atoms with Gasteiger partial charge >= 0.3 is 5.97 Å². The van der Waals surface area contributed by atoms with Gasteiger partial charge in [-0.3, -0.25) is 14.5 Å². The highest BCUT2D eigenvalue weighted by atomic mass is 32.2. The first-order valence-electron chi connectivity index (χ1n) is 6.33. The molecule has 1 aromatic rings. The van der Waals surface area contributed by atoms with Gasteiger partial charge in [0.25, 0.3) is 10.2 Å². The smallest absolute Gasteiger partial charge is 0.325 e. The summed E-state index contributed by atoms with van der Waals surface area (Å²) in [5.41, 5.74) is 11.3. The number of carbonyl (C=O) groups is 1. The monoisotopic (exact) mass is 395 g/mol. The molecule has 0 saturated carbocycles. The summed E-state index contributed by atoms with van der Waals surface area (Å²) in [7, 11) is -4.00. The van der Waals surface area contributed by atoms with Crippen molar-refractivity contribution < 1.29 is 18.3 Å². The lowest BCUT2D eigenvalue weighted by atomic mass is 10.4. The largest absolute Gasteiger partial charge is 0.480 e. The third-order valence-electron chi connectivity index (χ3n) is 2.16. The van der Waals surface area contributed by atoms with Crippen LogP contribution >= 0.6 is 23.1 Å². The number of carboxylic acid groups (broad SMARTS) is 1. The molecular weight excluding hydrogens is 378 g/mol. The molecule has 0 aliphatic carbocycles. The van der Waals surface area contributed by atoms with Crippen molar-refractivity contribution in [3.8, 4) is 0 Å². The molecule has 14 heteroatoms. The molecule has 0 aliphatic rings. The van der Waals surface area contributed by atoms with Gasteiger partial charge in [-0.1, -0.05) is 0 Å². The molecule has 24 heavy (non-hydrogen) atoms. The Kier molecular flexibility index (Phi) is 7.90. The fourth-order valence-electron chi connectivity index (χ4n) is 1.36. The molecule has 0 unspecified atom stereocenters. The number of thioether (sulfide) groups is 1. The third-order valence-corrected chi connectivity index (χ3v) is 4.46. The Labute approximate surface area is 146 Å². The number of thiazole rings is 1. The first kappa shape index (κ1) is 20.1. The first-order chi connectivity index (χ1) is 11.2. The quantitative estimate of drug-likeness (QED) is 0.198. The maximum Gasteiger partial charge on any atom is 0.325 e. The van der Waals surface area contributed by atoms with Crippen molar-refractivity contribution in [2.75, 3.05) is 12.3 Å². The molecule has 0 amide bonds. The van der Waals surface area contributed by atoms with Gasteiger partial charge in [0.15, 0.2) is 5.96 Å². The molecule has 1 heterocycles. The Balaban J connectivity index is 2.50. The number of nitrogens with one attached hydrogen (secondary N) is 1. The van der Waals surface area contributed by atoms with Crippen LogP contribution in [0.1, 0.15) is 12.1 Å². The molecule has 0 atom stereocenters. The summed E-state index contributed by atoms with van der Waals surface area (Å²) in [6, 6.07) is 0. The predicted molar refractivity (Wildman–Crippen MR) is 94.5 cm³/mol. The number of aliphatic imine (C=N–C) groups is 2. The molecule has 0 fully saturated rings. The summed E-state index contributed by atoms with van der Waals surface area (Å²) in [4.78, 5) is 22.2. The van der Waals surface area contributed by atoms with E-state index >= 15 is 0 Å². The maximum atomic E-state index is 11.0. The third kappa shape index (κ3) is 9.29. The molecule has 0 bridgehead atoms. The minimum absolute atomic E-state index is 0.00753. The number of nitrogens with two attached hydrogens (primary N) is 3. The zero-order valence-electron chi connectivity index (χ0n) is 12.4. The number of aromatic nitrogens is 1. The van der Waals surface area contributed by atoms with Gasteiger partial charge in [-0.05, 0) is 0 Å². The first-order valence-corrected chi connectivity index (χ1v) is 9.91. The van der Waals surface area contributed by atoms with E-state index in [9.17, 15) is 13.2 Å². The van der Waals surface area contributed by atoms with Crippen LogP contribution in [-0.4, -0.2) is 48.6 Å². The van der Waals surface area contributed by atoms with E-state index in [0.717, 1.165) is 5.69 Å². The van der Waals surface area contributed by atoms with Crippen LogP contribution < -0.4 is 21.3 Å². The Morgan fingerprint density at radius 2 is 2.17 bits per heavy atom.